The monoisotopic (exact) mass is 304 g/mol. The third-order valence-corrected chi connectivity index (χ3v) is 4.54. The van der Waals surface area contributed by atoms with Crippen LogP contribution in [0.25, 0.3) is 10.9 Å². The van der Waals surface area contributed by atoms with E-state index in [2.05, 4.69) is 4.98 Å². The van der Waals surface area contributed by atoms with E-state index in [0.29, 0.717) is 40.4 Å². The van der Waals surface area contributed by atoms with Crippen molar-refractivity contribution in [1.29, 1.82) is 0 Å². The number of hydrogen-bond donors (Lipinski definition) is 1. The first-order chi connectivity index (χ1) is 10.2. The summed E-state index contributed by atoms with van der Waals surface area (Å²) >= 11 is 5.36. The van der Waals surface area contributed by atoms with E-state index in [4.69, 9.17) is 21.7 Å². The van der Waals surface area contributed by atoms with Gasteiger partial charge in [0.15, 0.2) is 16.3 Å². The Morgan fingerprint density at radius 1 is 1.14 bits per heavy atom. The van der Waals surface area contributed by atoms with Crippen LogP contribution in [-0.4, -0.2) is 22.8 Å². The second-order valence-corrected chi connectivity index (χ2v) is 5.97. The molecule has 21 heavy (non-hydrogen) atoms. The van der Waals surface area contributed by atoms with E-state index >= 15 is 0 Å². The number of nitrogens with zero attached hydrogens (tertiary/aromatic N) is 1. The molecule has 1 aliphatic heterocycles. The van der Waals surface area contributed by atoms with Crippen LogP contribution in [0.3, 0.4) is 0 Å². The predicted molar refractivity (Wildman–Crippen MR) is 81.9 cm³/mol. The number of hydrogen-bond acceptors (Lipinski definition) is 4. The number of rotatable bonds is 1. The molecule has 4 rings (SSSR count). The van der Waals surface area contributed by atoms with Crippen molar-refractivity contribution in [2.45, 2.75) is 31.7 Å². The van der Waals surface area contributed by atoms with Crippen molar-refractivity contribution in [3.63, 3.8) is 0 Å². The van der Waals surface area contributed by atoms with E-state index in [-0.39, 0.29) is 11.6 Å². The number of aromatic nitrogens is 2. The maximum absolute atomic E-state index is 12.7. The molecule has 0 amide bonds. The van der Waals surface area contributed by atoms with E-state index < -0.39 is 0 Å². The van der Waals surface area contributed by atoms with Crippen molar-refractivity contribution in [2.75, 3.05) is 13.2 Å². The zero-order valence-electron chi connectivity index (χ0n) is 11.6. The zero-order valence-corrected chi connectivity index (χ0v) is 12.4. The highest BCUT2D eigenvalue weighted by Gasteiger charge is 2.23. The Bertz CT molecular complexity index is 820. The fourth-order valence-electron chi connectivity index (χ4n) is 2.86. The lowest BCUT2D eigenvalue weighted by Gasteiger charge is -2.27. The summed E-state index contributed by atoms with van der Waals surface area (Å²) < 4.78 is 13.5. The minimum absolute atomic E-state index is 0.0332. The van der Waals surface area contributed by atoms with Gasteiger partial charge in [0.2, 0.25) is 0 Å². The molecule has 2 heterocycles. The summed E-state index contributed by atoms with van der Waals surface area (Å²) in [5.74, 6) is 1.31. The Morgan fingerprint density at radius 2 is 1.86 bits per heavy atom. The maximum atomic E-state index is 12.7. The van der Waals surface area contributed by atoms with Crippen LogP contribution in [0.1, 0.15) is 31.7 Å². The molecule has 0 atom stereocenters. The van der Waals surface area contributed by atoms with Gasteiger partial charge in [0.05, 0.1) is 24.1 Å². The van der Waals surface area contributed by atoms with Gasteiger partial charge >= 0.3 is 0 Å². The summed E-state index contributed by atoms with van der Waals surface area (Å²) in [5.41, 5.74) is 0.680. The predicted octanol–water partition coefficient (Wildman–Crippen LogP) is 2.95. The van der Waals surface area contributed by atoms with Crippen LogP contribution in [0.5, 0.6) is 11.5 Å². The number of aromatic amines is 1. The lowest BCUT2D eigenvalue weighted by molar-refractivity contribution is 0.297. The fourth-order valence-corrected chi connectivity index (χ4v) is 3.20. The third-order valence-electron chi connectivity index (χ3n) is 4.24. The largest absolute Gasteiger partial charge is 0.490 e. The summed E-state index contributed by atoms with van der Waals surface area (Å²) in [4.78, 5) is 15.9. The van der Waals surface area contributed by atoms with Gasteiger partial charge in [-0.3, -0.25) is 9.36 Å². The number of benzene rings is 1. The van der Waals surface area contributed by atoms with Gasteiger partial charge in [-0.1, -0.05) is 0 Å². The molecule has 6 heteroatoms. The first-order valence-corrected chi connectivity index (χ1v) is 7.73. The van der Waals surface area contributed by atoms with Crippen molar-refractivity contribution in [1.82, 2.24) is 9.55 Å². The van der Waals surface area contributed by atoms with Gasteiger partial charge in [-0.15, -0.1) is 0 Å². The Morgan fingerprint density at radius 3 is 2.52 bits per heavy atom. The standard InChI is InChI=1S/C15H16N2O3S/c18-14-10-7-12-13(20-6-2-5-19-12)8-11(10)16-15(21)17(14)9-3-1-4-9/h7-9H,1-6H2,(H,16,21). The van der Waals surface area contributed by atoms with E-state index in [1.54, 1.807) is 10.6 Å². The fraction of sp³-hybridized carbons (Fsp3) is 0.467. The van der Waals surface area contributed by atoms with Gasteiger partial charge < -0.3 is 14.5 Å². The van der Waals surface area contributed by atoms with Gasteiger partial charge in [0.25, 0.3) is 5.56 Å². The Balaban J connectivity index is 1.96. The normalized spacial score (nSPS) is 18.3. The van der Waals surface area contributed by atoms with Crippen LogP contribution in [-0.2, 0) is 0 Å². The van der Waals surface area contributed by atoms with Gasteiger partial charge in [-0.25, -0.2) is 0 Å². The Hall–Kier alpha value is -1.82. The third kappa shape index (κ3) is 2.05. The van der Waals surface area contributed by atoms with E-state index in [1.807, 2.05) is 6.07 Å². The summed E-state index contributed by atoms with van der Waals surface area (Å²) in [6, 6.07) is 3.83. The minimum atomic E-state index is -0.0332. The molecule has 0 saturated heterocycles. The van der Waals surface area contributed by atoms with E-state index in [0.717, 1.165) is 25.7 Å². The molecule has 1 aliphatic carbocycles. The minimum Gasteiger partial charge on any atom is -0.490 e. The van der Waals surface area contributed by atoms with Crippen LogP contribution in [0.2, 0.25) is 0 Å². The topological polar surface area (TPSA) is 56.2 Å². The van der Waals surface area contributed by atoms with Crippen molar-refractivity contribution in [3.05, 3.63) is 27.3 Å². The van der Waals surface area contributed by atoms with Gasteiger partial charge in [0.1, 0.15) is 0 Å². The van der Waals surface area contributed by atoms with Crippen molar-refractivity contribution >= 4 is 23.1 Å². The highest BCUT2D eigenvalue weighted by Crippen LogP contribution is 2.34. The van der Waals surface area contributed by atoms with Crippen LogP contribution in [0.4, 0.5) is 0 Å². The zero-order chi connectivity index (χ0) is 14.4. The number of H-pyrrole nitrogens is 1. The molecular weight excluding hydrogens is 288 g/mol. The molecule has 110 valence electrons. The second kappa shape index (κ2) is 4.87. The highest BCUT2D eigenvalue weighted by molar-refractivity contribution is 7.71. The first-order valence-electron chi connectivity index (χ1n) is 7.32. The van der Waals surface area contributed by atoms with Crippen LogP contribution < -0.4 is 15.0 Å². The molecule has 1 aromatic heterocycles. The van der Waals surface area contributed by atoms with Gasteiger partial charge in [-0.05, 0) is 37.5 Å². The quantitative estimate of drug-likeness (QED) is 0.823. The molecule has 0 radical (unpaired) electrons. The van der Waals surface area contributed by atoms with E-state index in [9.17, 15) is 4.79 Å². The maximum Gasteiger partial charge on any atom is 0.262 e. The summed E-state index contributed by atoms with van der Waals surface area (Å²) in [7, 11) is 0. The summed E-state index contributed by atoms with van der Waals surface area (Å²) in [6.45, 7) is 1.23. The lowest BCUT2D eigenvalue weighted by Crippen LogP contribution is -2.30. The Labute approximate surface area is 126 Å². The van der Waals surface area contributed by atoms with Crippen LogP contribution in [0.15, 0.2) is 16.9 Å². The van der Waals surface area contributed by atoms with Crippen molar-refractivity contribution < 1.29 is 9.47 Å². The van der Waals surface area contributed by atoms with Crippen molar-refractivity contribution in [3.8, 4) is 11.5 Å². The highest BCUT2D eigenvalue weighted by atomic mass is 32.1. The van der Waals surface area contributed by atoms with Crippen molar-refractivity contribution in [2.24, 2.45) is 0 Å². The van der Waals surface area contributed by atoms with Gasteiger partial charge in [0, 0.05) is 18.5 Å². The Kier molecular flexibility index (Phi) is 2.99. The SMILES string of the molecule is O=c1c2cc3c(cc2[nH]c(=S)n1C1CCC1)OCCCO3. The molecule has 2 aromatic rings. The molecule has 5 nitrogen and oxygen atoms in total. The molecule has 1 N–H and O–H groups in total. The molecule has 1 saturated carbocycles. The van der Waals surface area contributed by atoms with Crippen LogP contribution >= 0.6 is 12.2 Å². The molecule has 1 fully saturated rings. The molecule has 0 spiro atoms. The molecular formula is C15H16N2O3S. The van der Waals surface area contributed by atoms with Crippen LogP contribution in [0, 0.1) is 4.77 Å². The summed E-state index contributed by atoms with van der Waals surface area (Å²) in [6.07, 6.45) is 4.04. The molecule has 2 aliphatic rings. The smallest absolute Gasteiger partial charge is 0.262 e. The molecule has 0 unspecified atom stereocenters. The average molecular weight is 304 g/mol. The number of fused-ring (bicyclic) bond motifs is 2. The first kappa shape index (κ1) is 12.9. The number of ether oxygens (including phenoxy) is 2. The number of nitrogens with one attached hydrogen (secondary N) is 1. The van der Waals surface area contributed by atoms with E-state index in [1.165, 1.54) is 0 Å². The molecule has 1 aromatic carbocycles. The average Bonchev–Trinajstić information content (AvgIpc) is 2.64. The van der Waals surface area contributed by atoms with Gasteiger partial charge in [-0.2, -0.15) is 0 Å². The summed E-state index contributed by atoms with van der Waals surface area (Å²) in [5, 5.41) is 0.611. The molecule has 0 bridgehead atoms. The lowest BCUT2D eigenvalue weighted by atomic mass is 9.93. The second-order valence-electron chi connectivity index (χ2n) is 5.59.